The Morgan fingerprint density at radius 1 is 0.826 bits per heavy atom. The maximum absolute atomic E-state index is 13.1. The molecule has 0 aliphatic carbocycles. The van der Waals surface area contributed by atoms with E-state index in [0.717, 1.165) is 16.7 Å². The molecule has 2 amide bonds. The summed E-state index contributed by atoms with van der Waals surface area (Å²) < 4.78 is 49.7. The Morgan fingerprint density at radius 2 is 1.39 bits per heavy atom. The maximum Gasteiger partial charge on any atom is 0.407 e. The maximum atomic E-state index is 13.1. The molecule has 10 nitrogen and oxygen atoms in total. The van der Waals surface area contributed by atoms with Crippen LogP contribution in [0.2, 0.25) is 18.1 Å². The fourth-order valence-corrected chi connectivity index (χ4v) is 6.28. The van der Waals surface area contributed by atoms with Gasteiger partial charge in [-0.25, -0.2) is 4.79 Å². The molecular formula is C34H46N2O8SSi. The SMILES string of the molecule is Cc1ccc(S(=O)(=O)OC[C@H](O[Si](C)(C)C(C)(C)C)[C@@H](COCc2ccccc2)NC(=O)CNC(=O)OCc2ccccc2)cc1. The summed E-state index contributed by atoms with van der Waals surface area (Å²) in [4.78, 5) is 25.5. The first-order valence-electron chi connectivity index (χ1n) is 15.2. The highest BCUT2D eigenvalue weighted by atomic mass is 32.2. The molecule has 0 spiro atoms. The van der Waals surface area contributed by atoms with Crippen LogP contribution < -0.4 is 10.6 Å². The van der Waals surface area contributed by atoms with E-state index < -0.39 is 42.6 Å². The fraction of sp³-hybridized carbons (Fsp3) is 0.412. The van der Waals surface area contributed by atoms with Gasteiger partial charge in [0.25, 0.3) is 10.1 Å². The lowest BCUT2D eigenvalue weighted by Crippen LogP contribution is -2.56. The van der Waals surface area contributed by atoms with Crippen molar-refractivity contribution in [3.05, 3.63) is 102 Å². The van der Waals surface area contributed by atoms with E-state index in [0.29, 0.717) is 0 Å². The molecule has 46 heavy (non-hydrogen) atoms. The van der Waals surface area contributed by atoms with E-state index in [1.54, 1.807) is 12.1 Å². The van der Waals surface area contributed by atoms with Gasteiger partial charge in [-0.15, -0.1) is 0 Å². The van der Waals surface area contributed by atoms with Crippen LogP contribution >= 0.6 is 0 Å². The molecule has 3 rings (SSSR count). The van der Waals surface area contributed by atoms with Gasteiger partial charge in [-0.05, 0) is 48.3 Å². The highest BCUT2D eigenvalue weighted by molar-refractivity contribution is 7.86. The molecule has 2 N–H and O–H groups in total. The summed E-state index contributed by atoms with van der Waals surface area (Å²) in [5.41, 5.74) is 2.65. The lowest BCUT2D eigenvalue weighted by molar-refractivity contribution is -0.122. The summed E-state index contributed by atoms with van der Waals surface area (Å²) in [6.45, 7) is 11.7. The summed E-state index contributed by atoms with van der Waals surface area (Å²) in [7, 11) is -6.65. The molecule has 0 aromatic heterocycles. The predicted octanol–water partition coefficient (Wildman–Crippen LogP) is 5.72. The molecule has 250 valence electrons. The predicted molar refractivity (Wildman–Crippen MR) is 179 cm³/mol. The second-order valence-electron chi connectivity index (χ2n) is 12.6. The van der Waals surface area contributed by atoms with Crippen molar-refractivity contribution in [3.63, 3.8) is 0 Å². The van der Waals surface area contributed by atoms with Crippen LogP contribution in [0.5, 0.6) is 0 Å². The minimum atomic E-state index is -4.13. The number of rotatable bonds is 16. The number of benzene rings is 3. The van der Waals surface area contributed by atoms with Gasteiger partial charge >= 0.3 is 6.09 Å². The first-order chi connectivity index (χ1) is 21.7. The molecule has 0 aliphatic rings. The topological polar surface area (TPSA) is 129 Å². The smallest absolute Gasteiger partial charge is 0.407 e. The molecule has 3 aromatic rings. The largest absolute Gasteiger partial charge is 0.445 e. The van der Waals surface area contributed by atoms with Crippen LogP contribution in [0.25, 0.3) is 0 Å². The molecular weight excluding hydrogens is 625 g/mol. The Bertz CT molecular complexity index is 1500. The molecule has 0 saturated carbocycles. The van der Waals surface area contributed by atoms with E-state index in [4.69, 9.17) is 18.1 Å². The number of amides is 2. The number of carbonyl (C=O) groups is 2. The average Bonchev–Trinajstić information content (AvgIpc) is 3.01. The number of aryl methyl sites for hydroxylation is 1. The van der Waals surface area contributed by atoms with Gasteiger partial charge in [0.2, 0.25) is 5.91 Å². The summed E-state index contributed by atoms with van der Waals surface area (Å²) in [6, 6.07) is 24.2. The normalized spacial score (nSPS) is 13.4. The number of carbonyl (C=O) groups excluding carboxylic acids is 2. The zero-order valence-electron chi connectivity index (χ0n) is 27.4. The van der Waals surface area contributed by atoms with E-state index in [1.165, 1.54) is 12.1 Å². The zero-order chi connectivity index (χ0) is 33.8. The van der Waals surface area contributed by atoms with Crippen LogP contribution in [-0.2, 0) is 46.2 Å². The zero-order valence-corrected chi connectivity index (χ0v) is 29.3. The van der Waals surface area contributed by atoms with Crippen molar-refractivity contribution in [3.8, 4) is 0 Å². The van der Waals surface area contributed by atoms with Crippen LogP contribution in [0.1, 0.15) is 37.5 Å². The van der Waals surface area contributed by atoms with Gasteiger partial charge in [-0.1, -0.05) is 99.1 Å². The fourth-order valence-electron chi connectivity index (χ4n) is 4.02. The van der Waals surface area contributed by atoms with Crippen LogP contribution in [0.4, 0.5) is 4.79 Å². The Hall–Kier alpha value is -3.55. The molecule has 0 saturated heterocycles. The van der Waals surface area contributed by atoms with Crippen LogP contribution in [0.3, 0.4) is 0 Å². The van der Waals surface area contributed by atoms with E-state index in [2.05, 4.69) is 31.4 Å². The van der Waals surface area contributed by atoms with Gasteiger partial charge in [0.1, 0.15) is 13.2 Å². The molecule has 0 aliphatic heterocycles. The van der Waals surface area contributed by atoms with Crippen molar-refractivity contribution in [2.75, 3.05) is 19.8 Å². The van der Waals surface area contributed by atoms with Crippen molar-refractivity contribution in [1.82, 2.24) is 10.6 Å². The molecule has 3 aromatic carbocycles. The van der Waals surface area contributed by atoms with Crippen molar-refractivity contribution >= 4 is 30.4 Å². The quantitative estimate of drug-likeness (QED) is 0.146. The molecule has 12 heteroatoms. The average molecular weight is 671 g/mol. The lowest BCUT2D eigenvalue weighted by Gasteiger charge is -2.41. The number of alkyl carbamates (subject to hydrolysis) is 1. The number of ether oxygens (including phenoxy) is 2. The number of hydrogen-bond donors (Lipinski definition) is 2. The molecule has 0 heterocycles. The first kappa shape index (κ1) is 36.9. The first-order valence-corrected chi connectivity index (χ1v) is 19.5. The molecule has 0 radical (unpaired) electrons. The standard InChI is InChI=1S/C34H46N2O8SSi/c1-26-17-19-29(20-18-26)45(39,40)43-25-31(44-46(5,6)34(2,3)4)30(24-41-22-27-13-9-7-10-14-27)36-32(37)21-35-33(38)42-23-28-15-11-8-12-16-28/h7-20,30-31H,21-25H2,1-6H3,(H,35,38)(H,36,37)/t30-,31+/m1/s1. The van der Waals surface area contributed by atoms with Crippen molar-refractivity contribution in [2.24, 2.45) is 0 Å². The minimum Gasteiger partial charge on any atom is -0.445 e. The van der Waals surface area contributed by atoms with Crippen LogP contribution in [0, 0.1) is 6.92 Å². The second kappa shape index (κ2) is 16.8. The van der Waals surface area contributed by atoms with E-state index in [-0.39, 0.29) is 42.9 Å². The summed E-state index contributed by atoms with van der Waals surface area (Å²) in [6.07, 6.45) is -1.65. The van der Waals surface area contributed by atoms with Crippen LogP contribution in [0.15, 0.2) is 89.8 Å². The van der Waals surface area contributed by atoms with Gasteiger partial charge in [0.15, 0.2) is 8.32 Å². The van der Waals surface area contributed by atoms with Gasteiger partial charge in [-0.2, -0.15) is 8.42 Å². The molecule has 0 fully saturated rings. The van der Waals surface area contributed by atoms with Gasteiger partial charge < -0.3 is 24.5 Å². The highest BCUT2D eigenvalue weighted by Gasteiger charge is 2.42. The van der Waals surface area contributed by atoms with Crippen molar-refractivity contribution in [1.29, 1.82) is 0 Å². The lowest BCUT2D eigenvalue weighted by atomic mass is 10.2. The van der Waals surface area contributed by atoms with Gasteiger partial charge in [0, 0.05) is 0 Å². The number of nitrogens with one attached hydrogen (secondary N) is 2. The molecule has 2 atom stereocenters. The summed E-state index contributed by atoms with van der Waals surface area (Å²) in [5.74, 6) is -0.532. The van der Waals surface area contributed by atoms with Crippen molar-refractivity contribution in [2.45, 2.75) is 76.1 Å². The van der Waals surface area contributed by atoms with Crippen LogP contribution in [-0.4, -0.2) is 60.6 Å². The monoisotopic (exact) mass is 670 g/mol. The Labute approximate surface area is 274 Å². The summed E-state index contributed by atoms with van der Waals surface area (Å²) >= 11 is 0. The third-order valence-electron chi connectivity index (χ3n) is 7.76. The van der Waals surface area contributed by atoms with Gasteiger partial charge in [0.05, 0.1) is 36.9 Å². The van der Waals surface area contributed by atoms with E-state index in [1.807, 2.05) is 80.7 Å². The Balaban J connectivity index is 1.77. The minimum absolute atomic E-state index is 0.00762. The third kappa shape index (κ3) is 12.0. The third-order valence-corrected chi connectivity index (χ3v) is 13.6. The van der Waals surface area contributed by atoms with E-state index >= 15 is 0 Å². The highest BCUT2D eigenvalue weighted by Crippen LogP contribution is 2.38. The molecule has 0 unspecified atom stereocenters. The number of hydrogen-bond acceptors (Lipinski definition) is 8. The van der Waals surface area contributed by atoms with Crippen molar-refractivity contribution < 1.29 is 36.1 Å². The van der Waals surface area contributed by atoms with E-state index in [9.17, 15) is 18.0 Å². The molecule has 0 bridgehead atoms. The Morgan fingerprint density at radius 3 is 1.96 bits per heavy atom. The van der Waals surface area contributed by atoms with Gasteiger partial charge in [-0.3, -0.25) is 8.98 Å². The Kier molecular flexibility index (Phi) is 13.5. The summed E-state index contributed by atoms with van der Waals surface area (Å²) in [5, 5.41) is 5.11. The second-order valence-corrected chi connectivity index (χ2v) is 18.9.